The van der Waals surface area contributed by atoms with E-state index in [1.165, 1.54) is 5.56 Å². The molecule has 0 bridgehead atoms. The van der Waals surface area contributed by atoms with Gasteiger partial charge in [0.2, 0.25) is 11.7 Å². The minimum Gasteiger partial charge on any atom is -0.487 e. The first kappa shape index (κ1) is 24.0. The van der Waals surface area contributed by atoms with Crippen molar-refractivity contribution in [1.82, 2.24) is 14.5 Å². The molecule has 0 saturated heterocycles. The summed E-state index contributed by atoms with van der Waals surface area (Å²) < 4.78 is 18.2. The van der Waals surface area contributed by atoms with Crippen molar-refractivity contribution in [3.63, 3.8) is 0 Å². The van der Waals surface area contributed by atoms with Crippen LogP contribution in [0.3, 0.4) is 0 Å². The Morgan fingerprint density at radius 3 is 2.69 bits per heavy atom. The fourth-order valence-electron chi connectivity index (χ4n) is 3.59. The maximum absolute atomic E-state index is 11.9. The smallest absolute Gasteiger partial charge is 0.374 e. The van der Waals surface area contributed by atoms with Gasteiger partial charge in [0.25, 0.3) is 0 Å². The minimum absolute atomic E-state index is 0.343. The van der Waals surface area contributed by atoms with Crippen LogP contribution < -0.4 is 4.74 Å². The molecule has 0 amide bonds. The van der Waals surface area contributed by atoms with Gasteiger partial charge in [0.15, 0.2) is 0 Å². The lowest BCUT2D eigenvalue weighted by molar-refractivity contribution is 0.0506. The Labute approximate surface area is 205 Å². The van der Waals surface area contributed by atoms with Crippen LogP contribution in [0, 0.1) is 0 Å². The maximum Gasteiger partial charge on any atom is 0.374 e. The predicted octanol–water partition coefficient (Wildman–Crippen LogP) is 5.82. The van der Waals surface area contributed by atoms with E-state index in [1.54, 1.807) is 19.4 Å². The first-order valence-corrected chi connectivity index (χ1v) is 11.8. The third kappa shape index (κ3) is 7.17. The molecule has 180 valence electrons. The van der Waals surface area contributed by atoms with Crippen LogP contribution >= 0.6 is 0 Å². The first-order chi connectivity index (χ1) is 17.2. The highest BCUT2D eigenvalue weighted by Crippen LogP contribution is 2.17. The molecule has 0 saturated carbocycles. The summed E-state index contributed by atoms with van der Waals surface area (Å²) in [4.78, 5) is 20.5. The van der Waals surface area contributed by atoms with Crippen LogP contribution in [0.15, 0.2) is 77.7 Å². The molecule has 2 aromatic heterocycles. The number of rotatable bonds is 12. The molecule has 0 fully saturated rings. The van der Waals surface area contributed by atoms with Gasteiger partial charge in [0.05, 0.1) is 6.61 Å². The largest absolute Gasteiger partial charge is 0.487 e. The Hall–Kier alpha value is -4.13. The Balaban J connectivity index is 1.19. The molecule has 0 aliphatic heterocycles. The number of esters is 1. The van der Waals surface area contributed by atoms with Crippen LogP contribution in [0.4, 0.5) is 0 Å². The number of imidazole rings is 1. The van der Waals surface area contributed by atoms with Gasteiger partial charge in [0.1, 0.15) is 24.3 Å². The van der Waals surface area contributed by atoms with Gasteiger partial charge in [0, 0.05) is 25.0 Å². The monoisotopic (exact) mass is 471 g/mol. The van der Waals surface area contributed by atoms with Crippen LogP contribution in [0.25, 0.3) is 12.2 Å². The molecule has 0 spiro atoms. The van der Waals surface area contributed by atoms with E-state index in [4.69, 9.17) is 13.9 Å². The average Bonchev–Trinajstić information content (AvgIpc) is 3.55. The van der Waals surface area contributed by atoms with E-state index >= 15 is 0 Å². The van der Waals surface area contributed by atoms with Gasteiger partial charge in [-0.1, -0.05) is 42.5 Å². The Morgan fingerprint density at radius 1 is 1.06 bits per heavy atom. The normalized spacial score (nSPS) is 11.1. The van der Waals surface area contributed by atoms with E-state index < -0.39 is 0 Å². The van der Waals surface area contributed by atoms with Crippen LogP contribution in [0.5, 0.6) is 5.75 Å². The van der Waals surface area contributed by atoms with Gasteiger partial charge in [-0.2, -0.15) is 0 Å². The number of carbonyl (C=O) groups excluding carboxylic acids is 1. The third-order valence-corrected chi connectivity index (χ3v) is 5.39. The van der Waals surface area contributed by atoms with Crippen LogP contribution in [0.2, 0.25) is 0 Å². The fourth-order valence-corrected chi connectivity index (χ4v) is 3.59. The summed E-state index contributed by atoms with van der Waals surface area (Å²) in [5.74, 6) is 1.32. The van der Waals surface area contributed by atoms with Crippen LogP contribution in [-0.2, 0) is 24.3 Å². The molecular formula is C28H29N3O4. The Bertz CT molecular complexity index is 1230. The second kappa shape index (κ2) is 12.4. The second-order valence-electron chi connectivity index (χ2n) is 7.98. The molecule has 4 rings (SSSR count). The lowest BCUT2D eigenvalue weighted by Crippen LogP contribution is -2.13. The average molecular weight is 472 g/mol. The number of hydrogen-bond donors (Lipinski definition) is 0. The molecule has 2 heterocycles. The predicted molar refractivity (Wildman–Crippen MR) is 134 cm³/mol. The highest BCUT2D eigenvalue weighted by molar-refractivity contribution is 5.85. The van der Waals surface area contributed by atoms with Crippen molar-refractivity contribution in [3.8, 4) is 5.75 Å². The topological polar surface area (TPSA) is 79.4 Å². The molecule has 35 heavy (non-hydrogen) atoms. The zero-order chi connectivity index (χ0) is 24.3. The zero-order valence-electron chi connectivity index (χ0n) is 19.8. The Kier molecular flexibility index (Phi) is 8.48. The van der Waals surface area contributed by atoms with Crippen LogP contribution in [0.1, 0.15) is 53.1 Å². The standard InChI is InChI=1S/C28H29N3O4/c1-2-33-28(32)27-29-17-19-31(27)18-7-6-10-23-11-14-25(15-12-23)34-20-24-21-35-26(30-24)16-13-22-8-4-3-5-9-22/h3-5,8-9,11-17,19,21H,2,6-7,10,18,20H2,1H3/b16-13+. The molecule has 0 radical (unpaired) electrons. The molecule has 7 nitrogen and oxygen atoms in total. The number of aryl methyl sites for hydroxylation is 2. The summed E-state index contributed by atoms with van der Waals surface area (Å²) in [6.45, 7) is 3.21. The lowest BCUT2D eigenvalue weighted by Gasteiger charge is -2.08. The summed E-state index contributed by atoms with van der Waals surface area (Å²) in [6, 6.07) is 18.1. The van der Waals surface area contributed by atoms with E-state index in [1.807, 2.05) is 65.4 Å². The van der Waals surface area contributed by atoms with Gasteiger partial charge in [-0.15, -0.1) is 0 Å². The highest BCUT2D eigenvalue weighted by Gasteiger charge is 2.13. The van der Waals surface area contributed by atoms with Crippen molar-refractivity contribution >= 4 is 18.1 Å². The number of nitrogens with zero attached hydrogens (tertiary/aromatic N) is 3. The molecule has 2 aromatic carbocycles. The molecule has 0 aliphatic rings. The van der Waals surface area contributed by atoms with E-state index in [9.17, 15) is 4.79 Å². The molecule has 0 N–H and O–H groups in total. The second-order valence-corrected chi connectivity index (χ2v) is 7.98. The van der Waals surface area contributed by atoms with Gasteiger partial charge >= 0.3 is 5.97 Å². The van der Waals surface area contributed by atoms with E-state index in [0.29, 0.717) is 24.9 Å². The third-order valence-electron chi connectivity index (χ3n) is 5.39. The van der Waals surface area contributed by atoms with Gasteiger partial charge in [-0.05, 0) is 55.5 Å². The van der Waals surface area contributed by atoms with Crippen LogP contribution in [-0.4, -0.2) is 27.1 Å². The van der Waals surface area contributed by atoms with Crippen molar-refractivity contribution in [2.24, 2.45) is 0 Å². The van der Waals surface area contributed by atoms with E-state index in [0.717, 1.165) is 42.8 Å². The summed E-state index contributed by atoms with van der Waals surface area (Å²) >= 11 is 0. The SMILES string of the molecule is CCOC(=O)c1nccn1CCCCc1ccc(OCc2coc(/C=C/c3ccccc3)n2)cc1. The fraction of sp³-hybridized carbons (Fsp3) is 0.250. The summed E-state index contributed by atoms with van der Waals surface area (Å²) in [5, 5.41) is 0. The summed E-state index contributed by atoms with van der Waals surface area (Å²) in [5.41, 5.74) is 3.07. The Morgan fingerprint density at radius 2 is 1.89 bits per heavy atom. The van der Waals surface area contributed by atoms with Crippen molar-refractivity contribution in [2.75, 3.05) is 6.61 Å². The quantitative estimate of drug-likeness (QED) is 0.191. The number of aromatic nitrogens is 3. The lowest BCUT2D eigenvalue weighted by atomic mass is 10.1. The van der Waals surface area contributed by atoms with Crippen molar-refractivity contribution in [1.29, 1.82) is 0 Å². The van der Waals surface area contributed by atoms with E-state index in [-0.39, 0.29) is 5.97 Å². The number of hydrogen-bond acceptors (Lipinski definition) is 6. The number of unbranched alkanes of at least 4 members (excludes halogenated alkanes) is 1. The number of carbonyl (C=O) groups is 1. The maximum atomic E-state index is 11.9. The van der Waals surface area contributed by atoms with Crippen molar-refractivity contribution in [2.45, 2.75) is 39.3 Å². The van der Waals surface area contributed by atoms with Gasteiger partial charge < -0.3 is 18.5 Å². The number of ether oxygens (including phenoxy) is 2. The number of benzene rings is 2. The molecule has 0 aliphatic carbocycles. The molecule has 0 atom stereocenters. The highest BCUT2D eigenvalue weighted by atomic mass is 16.5. The molecule has 0 unspecified atom stereocenters. The minimum atomic E-state index is -0.376. The summed E-state index contributed by atoms with van der Waals surface area (Å²) in [7, 11) is 0. The van der Waals surface area contributed by atoms with E-state index in [2.05, 4.69) is 22.1 Å². The van der Waals surface area contributed by atoms with Gasteiger partial charge in [-0.25, -0.2) is 14.8 Å². The zero-order valence-corrected chi connectivity index (χ0v) is 19.8. The number of oxazole rings is 1. The van der Waals surface area contributed by atoms with Gasteiger partial charge in [-0.3, -0.25) is 0 Å². The molecule has 7 heteroatoms. The van der Waals surface area contributed by atoms with Crippen molar-refractivity contribution in [3.05, 3.63) is 102 Å². The summed E-state index contributed by atoms with van der Waals surface area (Å²) in [6.07, 6.45) is 11.8. The first-order valence-electron chi connectivity index (χ1n) is 11.8. The van der Waals surface area contributed by atoms with Crippen molar-refractivity contribution < 1.29 is 18.7 Å². The molecular weight excluding hydrogens is 442 g/mol. The molecule has 4 aromatic rings.